The Bertz CT molecular complexity index is 112. The van der Waals surface area contributed by atoms with Gasteiger partial charge in [0, 0.05) is 6.04 Å². The molecule has 1 rings (SSSR count). The summed E-state index contributed by atoms with van der Waals surface area (Å²) in [7, 11) is 0. The molecule has 0 heterocycles. The summed E-state index contributed by atoms with van der Waals surface area (Å²) in [5.41, 5.74) is 0. The molecular weight excluding hydrogens is 146 g/mol. The molecule has 2 unspecified atom stereocenters. The average molecular weight is 169 g/mol. The minimum Gasteiger partial charge on any atom is -0.314 e. The highest BCUT2D eigenvalue weighted by Gasteiger charge is 2.25. The summed E-state index contributed by atoms with van der Waals surface area (Å²) in [6, 6.07) is 0.852. The van der Waals surface area contributed by atoms with Crippen molar-refractivity contribution < 1.29 is 0 Å². The van der Waals surface area contributed by atoms with Gasteiger partial charge in [0.1, 0.15) is 0 Å². The highest BCUT2D eigenvalue weighted by atomic mass is 14.9. The van der Waals surface area contributed by atoms with Crippen LogP contribution >= 0.6 is 0 Å². The molecule has 72 valence electrons. The number of hydrogen-bond donors (Lipinski definition) is 1. The van der Waals surface area contributed by atoms with Crippen molar-refractivity contribution >= 4 is 0 Å². The molecule has 0 aromatic rings. The van der Waals surface area contributed by atoms with E-state index in [9.17, 15) is 0 Å². The minimum absolute atomic E-state index is 0.852. The van der Waals surface area contributed by atoms with Gasteiger partial charge in [-0.15, -0.1) is 0 Å². The Labute approximate surface area is 76.9 Å². The van der Waals surface area contributed by atoms with Gasteiger partial charge in [-0.1, -0.05) is 26.7 Å². The highest BCUT2D eigenvalue weighted by Crippen LogP contribution is 2.29. The largest absolute Gasteiger partial charge is 0.314 e. The predicted octanol–water partition coefficient (Wildman–Crippen LogP) is 2.95. The van der Waals surface area contributed by atoms with Crippen LogP contribution in [0.5, 0.6) is 0 Å². The second-order valence-corrected chi connectivity index (χ2v) is 4.04. The summed E-state index contributed by atoms with van der Waals surface area (Å²) >= 11 is 0. The lowest BCUT2D eigenvalue weighted by atomic mass is 9.98. The van der Waals surface area contributed by atoms with E-state index in [-0.39, 0.29) is 0 Å². The fourth-order valence-corrected chi connectivity index (χ4v) is 2.35. The molecule has 12 heavy (non-hydrogen) atoms. The van der Waals surface area contributed by atoms with Crippen LogP contribution < -0.4 is 5.32 Å². The van der Waals surface area contributed by atoms with Crippen LogP contribution in [0.25, 0.3) is 0 Å². The maximum Gasteiger partial charge on any atom is 0.00953 e. The fourth-order valence-electron chi connectivity index (χ4n) is 2.35. The van der Waals surface area contributed by atoms with Crippen LogP contribution in [0.4, 0.5) is 0 Å². The Balaban J connectivity index is 2.20. The van der Waals surface area contributed by atoms with Crippen LogP contribution in [0, 0.1) is 5.92 Å². The lowest BCUT2D eigenvalue weighted by Gasteiger charge is -2.19. The quantitative estimate of drug-likeness (QED) is 0.667. The van der Waals surface area contributed by atoms with Gasteiger partial charge in [0.05, 0.1) is 0 Å². The first-order valence-corrected chi connectivity index (χ1v) is 5.61. The first kappa shape index (κ1) is 10.0. The zero-order valence-electron chi connectivity index (χ0n) is 8.60. The van der Waals surface area contributed by atoms with Gasteiger partial charge in [-0.2, -0.15) is 0 Å². The van der Waals surface area contributed by atoms with E-state index in [0.29, 0.717) is 0 Å². The van der Waals surface area contributed by atoms with E-state index in [0.717, 1.165) is 12.0 Å². The van der Waals surface area contributed by atoms with Gasteiger partial charge in [0.15, 0.2) is 0 Å². The third-order valence-corrected chi connectivity index (χ3v) is 2.98. The summed E-state index contributed by atoms with van der Waals surface area (Å²) in [4.78, 5) is 0. The van der Waals surface area contributed by atoms with Crippen LogP contribution in [0.2, 0.25) is 0 Å². The average Bonchev–Trinajstić information content (AvgIpc) is 2.50. The molecule has 0 radical (unpaired) electrons. The topological polar surface area (TPSA) is 12.0 Å². The first-order chi connectivity index (χ1) is 5.88. The molecule has 0 spiro atoms. The molecular formula is C11H23N. The summed E-state index contributed by atoms with van der Waals surface area (Å²) in [5.74, 6) is 0.988. The molecule has 0 saturated heterocycles. The van der Waals surface area contributed by atoms with E-state index in [2.05, 4.69) is 19.2 Å². The Morgan fingerprint density at radius 1 is 1.17 bits per heavy atom. The zero-order valence-corrected chi connectivity index (χ0v) is 8.60. The standard InChI is InChI=1S/C11H23N/c1-3-6-10-7-5-8-11(10)12-9-4-2/h10-12H,3-9H2,1-2H3. The molecule has 1 nitrogen and oxygen atoms in total. The maximum atomic E-state index is 3.67. The fraction of sp³-hybridized carbons (Fsp3) is 1.00. The maximum absolute atomic E-state index is 3.67. The van der Waals surface area contributed by atoms with E-state index >= 15 is 0 Å². The lowest BCUT2D eigenvalue weighted by molar-refractivity contribution is 0.377. The van der Waals surface area contributed by atoms with Crippen LogP contribution in [0.3, 0.4) is 0 Å². The molecule has 1 N–H and O–H groups in total. The Kier molecular flexibility index (Phi) is 4.67. The molecule has 2 atom stereocenters. The SMILES string of the molecule is CCCNC1CCCC1CCC. The Morgan fingerprint density at radius 3 is 2.67 bits per heavy atom. The minimum atomic E-state index is 0.852. The molecule has 1 aliphatic carbocycles. The molecule has 0 aromatic heterocycles. The van der Waals surface area contributed by atoms with Gasteiger partial charge >= 0.3 is 0 Å². The van der Waals surface area contributed by atoms with Crippen LogP contribution in [0.15, 0.2) is 0 Å². The smallest absolute Gasteiger partial charge is 0.00953 e. The molecule has 1 saturated carbocycles. The van der Waals surface area contributed by atoms with Crippen molar-refractivity contribution in [3.8, 4) is 0 Å². The highest BCUT2D eigenvalue weighted by molar-refractivity contribution is 4.82. The van der Waals surface area contributed by atoms with E-state index in [4.69, 9.17) is 0 Å². The Morgan fingerprint density at radius 2 is 2.00 bits per heavy atom. The third-order valence-electron chi connectivity index (χ3n) is 2.98. The van der Waals surface area contributed by atoms with E-state index in [1.165, 1.54) is 45.1 Å². The monoisotopic (exact) mass is 169 g/mol. The van der Waals surface area contributed by atoms with E-state index < -0.39 is 0 Å². The number of nitrogens with one attached hydrogen (secondary N) is 1. The van der Waals surface area contributed by atoms with Gasteiger partial charge in [-0.3, -0.25) is 0 Å². The lowest BCUT2D eigenvalue weighted by Crippen LogP contribution is -2.32. The van der Waals surface area contributed by atoms with Crippen molar-refractivity contribution in [2.24, 2.45) is 5.92 Å². The predicted molar refractivity (Wildman–Crippen MR) is 54.3 cm³/mol. The summed E-state index contributed by atoms with van der Waals surface area (Å²) in [6.07, 6.45) is 8.40. The van der Waals surface area contributed by atoms with Crippen molar-refractivity contribution in [1.29, 1.82) is 0 Å². The third kappa shape index (κ3) is 2.78. The Hall–Kier alpha value is -0.0400. The van der Waals surface area contributed by atoms with Crippen molar-refractivity contribution in [1.82, 2.24) is 5.32 Å². The second kappa shape index (κ2) is 5.58. The molecule has 0 aliphatic heterocycles. The molecule has 0 amide bonds. The van der Waals surface area contributed by atoms with Gasteiger partial charge in [-0.05, 0) is 38.1 Å². The molecule has 0 bridgehead atoms. The molecule has 1 heteroatoms. The molecule has 1 aliphatic rings. The van der Waals surface area contributed by atoms with Crippen LogP contribution in [-0.4, -0.2) is 12.6 Å². The second-order valence-electron chi connectivity index (χ2n) is 4.04. The molecule has 1 fully saturated rings. The number of rotatable bonds is 5. The van der Waals surface area contributed by atoms with Crippen LogP contribution in [-0.2, 0) is 0 Å². The van der Waals surface area contributed by atoms with Crippen molar-refractivity contribution in [3.63, 3.8) is 0 Å². The van der Waals surface area contributed by atoms with Crippen molar-refractivity contribution in [2.75, 3.05) is 6.54 Å². The van der Waals surface area contributed by atoms with E-state index in [1.54, 1.807) is 0 Å². The summed E-state index contributed by atoms with van der Waals surface area (Å²) < 4.78 is 0. The van der Waals surface area contributed by atoms with Gasteiger partial charge in [0.2, 0.25) is 0 Å². The molecule has 0 aromatic carbocycles. The zero-order chi connectivity index (χ0) is 8.81. The first-order valence-electron chi connectivity index (χ1n) is 5.61. The summed E-state index contributed by atoms with van der Waals surface area (Å²) in [5, 5.41) is 3.67. The van der Waals surface area contributed by atoms with Gasteiger partial charge in [0.25, 0.3) is 0 Å². The summed E-state index contributed by atoms with van der Waals surface area (Å²) in [6.45, 7) is 5.76. The number of hydrogen-bond acceptors (Lipinski definition) is 1. The van der Waals surface area contributed by atoms with Gasteiger partial charge in [-0.25, -0.2) is 0 Å². The van der Waals surface area contributed by atoms with E-state index in [1.807, 2.05) is 0 Å². The van der Waals surface area contributed by atoms with Gasteiger partial charge < -0.3 is 5.32 Å². The van der Waals surface area contributed by atoms with Crippen LogP contribution in [0.1, 0.15) is 52.4 Å². The van der Waals surface area contributed by atoms with Crippen molar-refractivity contribution in [2.45, 2.75) is 58.4 Å². The van der Waals surface area contributed by atoms with Crippen molar-refractivity contribution in [3.05, 3.63) is 0 Å². The normalized spacial score (nSPS) is 29.5.